The fourth-order valence-corrected chi connectivity index (χ4v) is 3.94. The standard InChI is InChI=1S/C22H17ClN2O5/c23-15-8-13(9-17(26)20(15)27)21-24-16-4-2-1-3-14(16)22(28)25(21)10-12-5-6-18-19(7-12)30-11-29-18/h1-9,21,24,26-27H,10-11H2. The minimum Gasteiger partial charge on any atom is -0.504 e. The van der Waals surface area contributed by atoms with Crippen LogP contribution >= 0.6 is 11.6 Å². The molecule has 8 heteroatoms. The first kappa shape index (κ1) is 18.4. The zero-order chi connectivity index (χ0) is 20.8. The van der Waals surface area contributed by atoms with Crippen LogP contribution in [0.1, 0.15) is 27.7 Å². The third kappa shape index (κ3) is 3.04. The van der Waals surface area contributed by atoms with Crippen LogP contribution < -0.4 is 14.8 Å². The Labute approximate surface area is 177 Å². The van der Waals surface area contributed by atoms with E-state index in [1.165, 1.54) is 12.1 Å². The van der Waals surface area contributed by atoms with E-state index in [-0.39, 0.29) is 30.0 Å². The number of nitrogens with zero attached hydrogens (tertiary/aromatic N) is 1. The van der Waals surface area contributed by atoms with Crippen LogP contribution in [0.4, 0.5) is 5.69 Å². The van der Waals surface area contributed by atoms with Gasteiger partial charge in [-0.25, -0.2) is 0 Å². The third-order valence-corrected chi connectivity index (χ3v) is 5.48. The number of aromatic hydroxyl groups is 2. The summed E-state index contributed by atoms with van der Waals surface area (Å²) in [5.74, 6) is 0.376. The number of amides is 1. The molecule has 0 saturated carbocycles. The van der Waals surface area contributed by atoms with Gasteiger partial charge in [0.25, 0.3) is 5.91 Å². The average molecular weight is 425 g/mol. The fraction of sp³-hybridized carbons (Fsp3) is 0.136. The van der Waals surface area contributed by atoms with E-state index in [0.717, 1.165) is 5.56 Å². The van der Waals surface area contributed by atoms with Gasteiger partial charge >= 0.3 is 0 Å². The van der Waals surface area contributed by atoms with Gasteiger partial charge in [0.15, 0.2) is 23.0 Å². The highest BCUT2D eigenvalue weighted by Gasteiger charge is 2.34. The van der Waals surface area contributed by atoms with Crippen molar-refractivity contribution < 1.29 is 24.5 Å². The minimum absolute atomic E-state index is 0.00105. The van der Waals surface area contributed by atoms with Crippen molar-refractivity contribution in [3.05, 3.63) is 76.3 Å². The average Bonchev–Trinajstić information content (AvgIpc) is 3.21. The Morgan fingerprint density at radius 3 is 2.70 bits per heavy atom. The van der Waals surface area contributed by atoms with E-state index in [0.29, 0.717) is 28.3 Å². The topological polar surface area (TPSA) is 91.3 Å². The van der Waals surface area contributed by atoms with Crippen LogP contribution in [0, 0.1) is 0 Å². The second kappa shape index (κ2) is 7.03. The molecule has 0 bridgehead atoms. The minimum atomic E-state index is -0.609. The lowest BCUT2D eigenvalue weighted by molar-refractivity contribution is 0.0666. The van der Waals surface area contributed by atoms with Gasteiger partial charge in [0.2, 0.25) is 6.79 Å². The molecule has 152 valence electrons. The molecule has 3 aromatic carbocycles. The van der Waals surface area contributed by atoms with Crippen molar-refractivity contribution in [2.24, 2.45) is 0 Å². The van der Waals surface area contributed by atoms with E-state index in [1.807, 2.05) is 30.3 Å². The molecule has 3 N–H and O–H groups in total. The van der Waals surface area contributed by atoms with Crippen LogP contribution in [0.25, 0.3) is 0 Å². The van der Waals surface area contributed by atoms with Crippen LogP contribution in [0.3, 0.4) is 0 Å². The molecule has 2 aliphatic rings. The molecule has 0 fully saturated rings. The van der Waals surface area contributed by atoms with Crippen LogP contribution in [-0.2, 0) is 6.54 Å². The first-order valence-electron chi connectivity index (χ1n) is 9.27. The number of phenolic OH excluding ortho intramolecular Hbond substituents is 2. The Kier molecular flexibility index (Phi) is 4.33. The van der Waals surface area contributed by atoms with E-state index in [4.69, 9.17) is 21.1 Å². The molecule has 0 aromatic heterocycles. The lowest BCUT2D eigenvalue weighted by atomic mass is 10.0. The number of rotatable bonds is 3. The molecule has 0 saturated heterocycles. The van der Waals surface area contributed by atoms with Crippen LogP contribution in [0.2, 0.25) is 5.02 Å². The second-order valence-corrected chi connectivity index (χ2v) is 7.49. The number of hydrogen-bond donors (Lipinski definition) is 3. The van der Waals surface area contributed by atoms with Crippen molar-refractivity contribution >= 4 is 23.2 Å². The number of phenols is 2. The lowest BCUT2D eigenvalue weighted by Crippen LogP contribution is -2.42. The number of fused-ring (bicyclic) bond motifs is 2. The number of halogens is 1. The molecule has 7 nitrogen and oxygen atoms in total. The van der Waals surface area contributed by atoms with Crippen LogP contribution in [0.15, 0.2) is 54.6 Å². The molecule has 0 radical (unpaired) electrons. The summed E-state index contributed by atoms with van der Waals surface area (Å²) in [6, 6.07) is 15.7. The van der Waals surface area contributed by atoms with Crippen molar-refractivity contribution in [2.75, 3.05) is 12.1 Å². The SMILES string of the molecule is O=C1c2ccccc2NC(c2cc(O)c(O)c(Cl)c2)N1Cc1ccc2c(c1)OCO2. The summed E-state index contributed by atoms with van der Waals surface area (Å²) in [4.78, 5) is 15.0. The molecule has 3 aromatic rings. The first-order chi connectivity index (χ1) is 14.5. The van der Waals surface area contributed by atoms with E-state index in [1.54, 1.807) is 17.0 Å². The number of nitrogens with one attached hydrogen (secondary N) is 1. The highest BCUT2D eigenvalue weighted by molar-refractivity contribution is 6.32. The zero-order valence-electron chi connectivity index (χ0n) is 15.6. The number of carbonyl (C=O) groups is 1. The summed E-state index contributed by atoms with van der Waals surface area (Å²) < 4.78 is 10.8. The summed E-state index contributed by atoms with van der Waals surface area (Å²) in [6.07, 6.45) is -0.609. The van der Waals surface area contributed by atoms with Crippen molar-refractivity contribution in [1.82, 2.24) is 4.90 Å². The molecule has 1 amide bonds. The van der Waals surface area contributed by atoms with Gasteiger partial charge in [-0.3, -0.25) is 4.79 Å². The maximum Gasteiger partial charge on any atom is 0.258 e. The quantitative estimate of drug-likeness (QED) is 0.544. The molecule has 30 heavy (non-hydrogen) atoms. The van der Waals surface area contributed by atoms with Gasteiger partial charge in [-0.2, -0.15) is 0 Å². The molecule has 0 spiro atoms. The number of hydrogen-bond acceptors (Lipinski definition) is 6. The Balaban J connectivity index is 1.57. The Bertz CT molecular complexity index is 1140. The number of carbonyl (C=O) groups excluding carboxylic acids is 1. The van der Waals surface area contributed by atoms with Crippen molar-refractivity contribution in [1.29, 1.82) is 0 Å². The molecule has 2 aliphatic heterocycles. The van der Waals surface area contributed by atoms with E-state index in [2.05, 4.69) is 5.32 Å². The normalized spacial score (nSPS) is 16.9. The predicted octanol–water partition coefficient (Wildman–Crippen LogP) is 4.25. The van der Waals surface area contributed by atoms with Gasteiger partial charge in [-0.15, -0.1) is 0 Å². The van der Waals surface area contributed by atoms with Crippen molar-refractivity contribution in [2.45, 2.75) is 12.7 Å². The maximum absolute atomic E-state index is 13.4. The molecule has 0 aliphatic carbocycles. The van der Waals surface area contributed by atoms with Gasteiger partial charge < -0.3 is 29.9 Å². The molecular weight excluding hydrogens is 408 g/mol. The second-order valence-electron chi connectivity index (χ2n) is 7.08. The number of benzene rings is 3. The Morgan fingerprint density at radius 1 is 1.07 bits per heavy atom. The predicted molar refractivity (Wildman–Crippen MR) is 110 cm³/mol. The summed E-state index contributed by atoms with van der Waals surface area (Å²) in [7, 11) is 0. The number of anilines is 1. The van der Waals surface area contributed by atoms with Crippen molar-refractivity contribution in [3.63, 3.8) is 0 Å². The van der Waals surface area contributed by atoms with E-state index in [9.17, 15) is 15.0 Å². The summed E-state index contributed by atoms with van der Waals surface area (Å²) in [6.45, 7) is 0.449. The van der Waals surface area contributed by atoms with Gasteiger partial charge in [-0.1, -0.05) is 29.8 Å². The van der Waals surface area contributed by atoms with Crippen LogP contribution in [0.5, 0.6) is 23.0 Å². The largest absolute Gasteiger partial charge is 0.504 e. The van der Waals surface area contributed by atoms with Gasteiger partial charge in [0.05, 0.1) is 10.6 Å². The number of ether oxygens (including phenoxy) is 2. The highest BCUT2D eigenvalue weighted by atomic mass is 35.5. The van der Waals surface area contributed by atoms with Crippen molar-refractivity contribution in [3.8, 4) is 23.0 Å². The van der Waals surface area contributed by atoms with Crippen LogP contribution in [-0.4, -0.2) is 27.8 Å². The van der Waals surface area contributed by atoms with Gasteiger partial charge in [0, 0.05) is 17.8 Å². The molecule has 5 rings (SSSR count). The summed E-state index contributed by atoms with van der Waals surface area (Å²) in [5, 5.41) is 23.2. The lowest BCUT2D eigenvalue weighted by Gasteiger charge is -2.38. The zero-order valence-corrected chi connectivity index (χ0v) is 16.4. The van der Waals surface area contributed by atoms with Gasteiger partial charge in [0.1, 0.15) is 6.17 Å². The highest BCUT2D eigenvalue weighted by Crippen LogP contribution is 2.41. The smallest absolute Gasteiger partial charge is 0.258 e. The number of para-hydroxylation sites is 1. The molecular formula is C22H17ClN2O5. The summed E-state index contributed by atoms with van der Waals surface area (Å²) in [5.41, 5.74) is 2.62. The summed E-state index contributed by atoms with van der Waals surface area (Å²) >= 11 is 6.08. The molecule has 1 atom stereocenters. The monoisotopic (exact) mass is 424 g/mol. The Morgan fingerprint density at radius 2 is 1.87 bits per heavy atom. The fourth-order valence-electron chi connectivity index (χ4n) is 3.72. The maximum atomic E-state index is 13.4. The van der Waals surface area contributed by atoms with Gasteiger partial charge in [-0.05, 0) is 42.0 Å². The van der Waals surface area contributed by atoms with E-state index < -0.39 is 11.9 Å². The molecule has 1 unspecified atom stereocenters. The molecule has 2 heterocycles. The van der Waals surface area contributed by atoms with E-state index >= 15 is 0 Å². The Hall–Kier alpha value is -3.58. The first-order valence-corrected chi connectivity index (χ1v) is 9.65. The third-order valence-electron chi connectivity index (χ3n) is 5.19.